The van der Waals surface area contributed by atoms with E-state index < -0.39 is 5.41 Å². The second kappa shape index (κ2) is 7.59. The number of rotatable bonds is 7. The third kappa shape index (κ3) is 4.23. The molecule has 0 spiro atoms. The van der Waals surface area contributed by atoms with Crippen molar-refractivity contribution in [2.75, 3.05) is 18.4 Å². The molecule has 1 fully saturated rings. The van der Waals surface area contributed by atoms with Crippen molar-refractivity contribution in [2.45, 2.75) is 65.7 Å². The van der Waals surface area contributed by atoms with Crippen molar-refractivity contribution in [1.29, 1.82) is 0 Å². The highest BCUT2D eigenvalue weighted by molar-refractivity contribution is 6.13. The van der Waals surface area contributed by atoms with E-state index in [1.807, 2.05) is 29.2 Å². The average molecular weight is 344 g/mol. The van der Waals surface area contributed by atoms with Crippen molar-refractivity contribution in [3.63, 3.8) is 0 Å². The van der Waals surface area contributed by atoms with Gasteiger partial charge in [0.1, 0.15) is 5.41 Å². The maximum absolute atomic E-state index is 13.0. The lowest BCUT2D eigenvalue weighted by Gasteiger charge is -2.27. The summed E-state index contributed by atoms with van der Waals surface area (Å²) >= 11 is 0. The molecule has 0 atom stereocenters. The number of para-hydroxylation sites is 1. The van der Waals surface area contributed by atoms with Gasteiger partial charge in [0.2, 0.25) is 11.8 Å². The minimum Gasteiger partial charge on any atom is -0.342 e. The van der Waals surface area contributed by atoms with Crippen LogP contribution < -0.4 is 5.32 Å². The fourth-order valence-electron chi connectivity index (χ4n) is 3.31. The topological polar surface area (TPSA) is 49.4 Å². The van der Waals surface area contributed by atoms with Gasteiger partial charge >= 0.3 is 0 Å². The molecular formula is C21H32N2O2. The molecule has 0 saturated heterocycles. The zero-order chi connectivity index (χ0) is 18.7. The van der Waals surface area contributed by atoms with Gasteiger partial charge < -0.3 is 10.2 Å². The fourth-order valence-corrected chi connectivity index (χ4v) is 3.31. The van der Waals surface area contributed by atoms with E-state index in [1.54, 1.807) is 0 Å². The Morgan fingerprint density at radius 2 is 1.64 bits per heavy atom. The molecule has 4 heteroatoms. The lowest BCUT2D eigenvalue weighted by molar-refractivity contribution is -0.142. The third-order valence-corrected chi connectivity index (χ3v) is 4.85. The zero-order valence-corrected chi connectivity index (χ0v) is 16.3. The summed E-state index contributed by atoms with van der Waals surface area (Å²) in [6.07, 6.45) is 3.13. The van der Waals surface area contributed by atoms with Crippen LogP contribution >= 0.6 is 0 Å². The second-order valence-electron chi connectivity index (χ2n) is 8.12. The molecule has 2 amide bonds. The van der Waals surface area contributed by atoms with E-state index in [1.165, 1.54) is 0 Å². The molecule has 25 heavy (non-hydrogen) atoms. The first-order valence-electron chi connectivity index (χ1n) is 9.46. The summed E-state index contributed by atoms with van der Waals surface area (Å²) in [5.41, 5.74) is 0.985. The van der Waals surface area contributed by atoms with Crippen LogP contribution in [-0.2, 0) is 15.0 Å². The van der Waals surface area contributed by atoms with Gasteiger partial charge in [-0.05, 0) is 42.7 Å². The van der Waals surface area contributed by atoms with Crippen LogP contribution in [0.2, 0.25) is 0 Å². The van der Waals surface area contributed by atoms with Gasteiger partial charge in [0.25, 0.3) is 0 Å². The summed E-state index contributed by atoms with van der Waals surface area (Å²) < 4.78 is 0. The van der Waals surface area contributed by atoms with Gasteiger partial charge in [-0.15, -0.1) is 0 Å². The maximum Gasteiger partial charge on any atom is 0.240 e. The van der Waals surface area contributed by atoms with Crippen molar-refractivity contribution in [2.24, 2.45) is 5.41 Å². The monoisotopic (exact) mass is 344 g/mol. The molecule has 0 unspecified atom stereocenters. The van der Waals surface area contributed by atoms with Gasteiger partial charge in [-0.3, -0.25) is 9.59 Å². The predicted octanol–water partition coefficient (Wildman–Crippen LogP) is 4.35. The summed E-state index contributed by atoms with van der Waals surface area (Å²) in [5.74, 6) is -0.145. The molecule has 1 N–H and O–H groups in total. The minimum absolute atomic E-state index is 0.00180. The Morgan fingerprint density at radius 3 is 2.12 bits per heavy atom. The summed E-state index contributed by atoms with van der Waals surface area (Å²) in [5, 5.41) is 3.05. The lowest BCUT2D eigenvalue weighted by Crippen LogP contribution is -2.43. The Kier molecular flexibility index (Phi) is 5.91. The van der Waals surface area contributed by atoms with E-state index in [0.29, 0.717) is 12.8 Å². The Hall–Kier alpha value is -1.84. The van der Waals surface area contributed by atoms with E-state index >= 15 is 0 Å². The van der Waals surface area contributed by atoms with Crippen LogP contribution in [0.25, 0.3) is 0 Å². The van der Waals surface area contributed by atoms with Gasteiger partial charge in [-0.2, -0.15) is 0 Å². The molecule has 1 aliphatic carbocycles. The van der Waals surface area contributed by atoms with Crippen molar-refractivity contribution in [1.82, 2.24) is 4.90 Å². The van der Waals surface area contributed by atoms with Crippen LogP contribution in [0.5, 0.6) is 0 Å². The minimum atomic E-state index is -0.852. The molecule has 0 aliphatic heterocycles. The highest BCUT2D eigenvalue weighted by Gasteiger charge is 2.57. The van der Waals surface area contributed by atoms with Gasteiger partial charge in [-0.25, -0.2) is 0 Å². The van der Waals surface area contributed by atoms with Gasteiger partial charge in [0.05, 0.1) is 0 Å². The molecule has 4 nitrogen and oxygen atoms in total. The van der Waals surface area contributed by atoms with E-state index in [9.17, 15) is 9.59 Å². The maximum atomic E-state index is 13.0. The normalized spacial score (nSPS) is 15.6. The summed E-state index contributed by atoms with van der Waals surface area (Å²) in [7, 11) is 0. The first-order valence-corrected chi connectivity index (χ1v) is 9.46. The zero-order valence-electron chi connectivity index (χ0n) is 16.3. The smallest absolute Gasteiger partial charge is 0.240 e. The first kappa shape index (κ1) is 19.5. The molecule has 0 aromatic heterocycles. The molecule has 138 valence electrons. The highest BCUT2D eigenvalue weighted by Crippen LogP contribution is 2.48. The number of nitrogens with one attached hydrogen (secondary N) is 1. The van der Waals surface area contributed by atoms with Crippen molar-refractivity contribution < 1.29 is 9.59 Å². The van der Waals surface area contributed by atoms with Crippen molar-refractivity contribution in [3.8, 4) is 0 Å². The molecule has 1 aliphatic rings. The molecule has 1 saturated carbocycles. The SMILES string of the molecule is CCCN(CCC)C(=O)C1(C(=O)Nc2ccccc2C(C)(C)C)CC1. The number of carbonyl (C=O) groups excluding carboxylic acids is 2. The standard InChI is InChI=1S/C21H32N2O2/c1-6-14-23(15-7-2)19(25)21(12-13-21)18(24)22-17-11-9-8-10-16(17)20(3,4)5/h8-11H,6-7,12-15H2,1-5H3,(H,22,24). The Morgan fingerprint density at radius 1 is 1.08 bits per heavy atom. The summed E-state index contributed by atoms with van der Waals surface area (Å²) in [6, 6.07) is 7.87. The number of hydrogen-bond donors (Lipinski definition) is 1. The van der Waals surface area contributed by atoms with Crippen LogP contribution in [-0.4, -0.2) is 29.8 Å². The average Bonchev–Trinajstić information content (AvgIpc) is 3.35. The number of amides is 2. The second-order valence-corrected chi connectivity index (χ2v) is 8.12. The van der Waals surface area contributed by atoms with Crippen LogP contribution in [0.15, 0.2) is 24.3 Å². The first-order chi connectivity index (χ1) is 11.8. The van der Waals surface area contributed by atoms with E-state index in [4.69, 9.17) is 0 Å². The largest absolute Gasteiger partial charge is 0.342 e. The highest BCUT2D eigenvalue weighted by atomic mass is 16.2. The number of hydrogen-bond acceptors (Lipinski definition) is 2. The number of carbonyl (C=O) groups is 2. The number of anilines is 1. The molecular weight excluding hydrogens is 312 g/mol. The van der Waals surface area contributed by atoms with E-state index in [2.05, 4.69) is 39.9 Å². The van der Waals surface area contributed by atoms with Crippen molar-refractivity contribution in [3.05, 3.63) is 29.8 Å². The summed E-state index contributed by atoms with van der Waals surface area (Å²) in [4.78, 5) is 27.8. The van der Waals surface area contributed by atoms with Gasteiger partial charge in [-0.1, -0.05) is 52.8 Å². The van der Waals surface area contributed by atoms with Crippen LogP contribution in [0.1, 0.15) is 65.9 Å². The van der Waals surface area contributed by atoms with E-state index in [0.717, 1.165) is 37.2 Å². The number of nitrogens with zero attached hydrogens (tertiary/aromatic N) is 1. The molecule has 1 aromatic rings. The van der Waals surface area contributed by atoms with Gasteiger partial charge in [0.15, 0.2) is 0 Å². The van der Waals surface area contributed by atoms with E-state index in [-0.39, 0.29) is 17.2 Å². The van der Waals surface area contributed by atoms with Crippen LogP contribution in [0.4, 0.5) is 5.69 Å². The van der Waals surface area contributed by atoms with Gasteiger partial charge in [0, 0.05) is 18.8 Å². The Bertz CT molecular complexity index is 621. The molecule has 0 heterocycles. The quantitative estimate of drug-likeness (QED) is 0.748. The van der Waals surface area contributed by atoms with Crippen LogP contribution in [0.3, 0.4) is 0 Å². The van der Waals surface area contributed by atoms with Crippen LogP contribution in [0, 0.1) is 5.41 Å². The lowest BCUT2D eigenvalue weighted by atomic mass is 9.85. The molecule has 1 aromatic carbocycles. The fraction of sp³-hybridized carbons (Fsp3) is 0.619. The number of benzene rings is 1. The Labute approximate surface area is 152 Å². The van der Waals surface area contributed by atoms with Crippen molar-refractivity contribution >= 4 is 17.5 Å². The molecule has 2 rings (SSSR count). The molecule has 0 radical (unpaired) electrons. The molecule has 0 bridgehead atoms. The third-order valence-electron chi connectivity index (χ3n) is 4.85. The summed E-state index contributed by atoms with van der Waals surface area (Å²) in [6.45, 7) is 12.0. The predicted molar refractivity (Wildman–Crippen MR) is 103 cm³/mol. The Balaban J connectivity index is 2.20.